The average molecular weight is 351 g/mol. The Kier molecular flexibility index (Phi) is 6.07. The van der Waals surface area contributed by atoms with Crippen LogP contribution in [0.4, 0.5) is 13.2 Å². The summed E-state index contributed by atoms with van der Waals surface area (Å²) >= 11 is 0. The molecule has 0 unspecified atom stereocenters. The molecular weight excluding hydrogens is 331 g/mol. The van der Waals surface area contributed by atoms with Crippen LogP contribution in [0.3, 0.4) is 0 Å². The lowest BCUT2D eigenvalue weighted by atomic mass is 10.1. The highest BCUT2D eigenvalue weighted by Gasteiger charge is 2.30. The zero-order chi connectivity index (χ0) is 18.4. The molecule has 0 aliphatic carbocycles. The number of amides is 1. The van der Waals surface area contributed by atoms with Gasteiger partial charge in [-0.15, -0.1) is 0 Å². The molecule has 0 saturated heterocycles. The lowest BCUT2D eigenvalue weighted by molar-refractivity contribution is -0.137. The van der Waals surface area contributed by atoms with E-state index in [4.69, 9.17) is 4.74 Å². The van der Waals surface area contributed by atoms with Gasteiger partial charge < -0.3 is 9.64 Å². The lowest BCUT2D eigenvalue weighted by Crippen LogP contribution is -2.28. The van der Waals surface area contributed by atoms with Crippen molar-refractivity contribution in [3.63, 3.8) is 0 Å². The van der Waals surface area contributed by atoms with Crippen LogP contribution in [0.1, 0.15) is 23.6 Å². The number of likely N-dealkylation sites (N-methyl/N-ethyl adjacent to an activating group) is 1. The predicted octanol–water partition coefficient (Wildman–Crippen LogP) is 4.31. The topological polar surface area (TPSA) is 29.5 Å². The van der Waals surface area contributed by atoms with Crippen molar-refractivity contribution in [2.75, 3.05) is 13.7 Å². The fourth-order valence-electron chi connectivity index (χ4n) is 2.40. The fourth-order valence-corrected chi connectivity index (χ4v) is 2.40. The van der Waals surface area contributed by atoms with E-state index in [-0.39, 0.29) is 12.3 Å². The van der Waals surface area contributed by atoms with Crippen LogP contribution < -0.4 is 4.74 Å². The molecule has 2 aromatic carbocycles. The van der Waals surface area contributed by atoms with Gasteiger partial charge >= 0.3 is 6.18 Å². The fraction of sp³-hybridized carbons (Fsp3) is 0.316. The number of ether oxygens (including phenoxy) is 1. The molecule has 25 heavy (non-hydrogen) atoms. The first-order valence-electron chi connectivity index (χ1n) is 7.92. The highest BCUT2D eigenvalue weighted by Crippen LogP contribution is 2.29. The Morgan fingerprint density at radius 3 is 2.32 bits per heavy atom. The lowest BCUT2D eigenvalue weighted by Gasteiger charge is -2.19. The normalized spacial score (nSPS) is 11.2. The number of nitrogens with zero attached hydrogens (tertiary/aromatic N) is 1. The van der Waals surface area contributed by atoms with Crippen molar-refractivity contribution in [3.8, 4) is 5.75 Å². The van der Waals surface area contributed by atoms with Crippen LogP contribution in [0.25, 0.3) is 0 Å². The number of hydrogen-bond donors (Lipinski definition) is 0. The molecule has 0 aliphatic heterocycles. The van der Waals surface area contributed by atoms with Crippen LogP contribution in [-0.4, -0.2) is 24.5 Å². The zero-order valence-electron chi connectivity index (χ0n) is 14.1. The predicted molar refractivity (Wildman–Crippen MR) is 89.2 cm³/mol. The minimum Gasteiger partial charge on any atom is -0.494 e. The first kappa shape index (κ1) is 18.8. The minimum atomic E-state index is -4.37. The van der Waals surface area contributed by atoms with E-state index in [2.05, 4.69) is 0 Å². The number of alkyl halides is 3. The van der Waals surface area contributed by atoms with E-state index in [9.17, 15) is 18.0 Å². The van der Waals surface area contributed by atoms with E-state index in [1.165, 1.54) is 17.0 Å². The highest BCUT2D eigenvalue weighted by atomic mass is 19.4. The van der Waals surface area contributed by atoms with Crippen molar-refractivity contribution in [1.29, 1.82) is 0 Å². The van der Waals surface area contributed by atoms with Crippen LogP contribution in [0.5, 0.6) is 5.75 Å². The van der Waals surface area contributed by atoms with E-state index in [0.29, 0.717) is 18.7 Å². The van der Waals surface area contributed by atoms with Crippen LogP contribution >= 0.6 is 0 Å². The number of carbonyl (C=O) groups excluding carboxylic acids is 1. The summed E-state index contributed by atoms with van der Waals surface area (Å²) in [5, 5.41) is 0. The number of rotatable bonds is 6. The molecule has 0 N–H and O–H groups in total. The molecule has 0 spiro atoms. The highest BCUT2D eigenvalue weighted by molar-refractivity contribution is 5.78. The summed E-state index contributed by atoms with van der Waals surface area (Å²) in [6, 6.07) is 12.1. The maximum absolute atomic E-state index is 12.6. The van der Waals surface area contributed by atoms with Gasteiger partial charge in [-0.3, -0.25) is 4.79 Å². The number of hydrogen-bond acceptors (Lipinski definition) is 2. The van der Waals surface area contributed by atoms with E-state index in [1.54, 1.807) is 7.05 Å². The maximum atomic E-state index is 12.6. The smallest absolute Gasteiger partial charge is 0.416 e. The van der Waals surface area contributed by atoms with E-state index in [1.807, 2.05) is 31.2 Å². The zero-order valence-corrected chi connectivity index (χ0v) is 14.1. The Morgan fingerprint density at radius 1 is 1.08 bits per heavy atom. The molecule has 0 atom stereocenters. The van der Waals surface area contributed by atoms with Crippen molar-refractivity contribution in [1.82, 2.24) is 4.90 Å². The number of para-hydroxylation sites is 1. The molecule has 0 bridgehead atoms. The van der Waals surface area contributed by atoms with Crippen LogP contribution in [0.15, 0.2) is 48.5 Å². The summed E-state index contributed by atoms with van der Waals surface area (Å²) in [5.41, 5.74) is 0.707. The average Bonchev–Trinajstić information content (AvgIpc) is 2.56. The Bertz CT molecular complexity index is 711. The third kappa shape index (κ3) is 5.24. The summed E-state index contributed by atoms with van der Waals surface area (Å²) in [4.78, 5) is 13.9. The summed E-state index contributed by atoms with van der Waals surface area (Å²) in [6.45, 7) is 2.78. The van der Waals surface area contributed by atoms with Gasteiger partial charge in [0.05, 0.1) is 18.6 Å². The van der Waals surface area contributed by atoms with E-state index < -0.39 is 11.7 Å². The summed E-state index contributed by atoms with van der Waals surface area (Å²) in [7, 11) is 1.66. The van der Waals surface area contributed by atoms with Gasteiger partial charge in [0.2, 0.25) is 5.91 Å². The van der Waals surface area contributed by atoms with Crippen LogP contribution in [0, 0.1) is 0 Å². The largest absolute Gasteiger partial charge is 0.494 e. The molecule has 3 nitrogen and oxygen atoms in total. The first-order chi connectivity index (χ1) is 11.8. The molecule has 134 valence electrons. The Morgan fingerprint density at radius 2 is 1.72 bits per heavy atom. The summed E-state index contributed by atoms with van der Waals surface area (Å²) in [6.07, 6.45) is -4.33. The van der Waals surface area contributed by atoms with Crippen LogP contribution in [0.2, 0.25) is 0 Å². The molecule has 0 aliphatic rings. The van der Waals surface area contributed by atoms with Gasteiger partial charge in [-0.2, -0.15) is 13.2 Å². The molecule has 0 aromatic heterocycles. The summed E-state index contributed by atoms with van der Waals surface area (Å²) < 4.78 is 43.2. The molecular formula is C19H20F3NO2. The van der Waals surface area contributed by atoms with Gasteiger partial charge in [0, 0.05) is 19.2 Å². The van der Waals surface area contributed by atoms with Gasteiger partial charge in [-0.25, -0.2) is 0 Å². The van der Waals surface area contributed by atoms with E-state index >= 15 is 0 Å². The second-order valence-electron chi connectivity index (χ2n) is 5.66. The molecule has 2 aromatic rings. The summed E-state index contributed by atoms with van der Waals surface area (Å²) in [5.74, 6) is 0.547. The van der Waals surface area contributed by atoms with Gasteiger partial charge in [0.25, 0.3) is 0 Å². The van der Waals surface area contributed by atoms with Crippen molar-refractivity contribution in [2.24, 2.45) is 0 Å². The molecule has 0 heterocycles. The number of benzene rings is 2. The van der Waals surface area contributed by atoms with Crippen molar-refractivity contribution in [2.45, 2.75) is 26.1 Å². The monoisotopic (exact) mass is 351 g/mol. The van der Waals surface area contributed by atoms with Gasteiger partial charge in [0.1, 0.15) is 5.75 Å². The van der Waals surface area contributed by atoms with Crippen molar-refractivity contribution >= 4 is 5.91 Å². The second kappa shape index (κ2) is 8.05. The maximum Gasteiger partial charge on any atom is 0.416 e. The van der Waals surface area contributed by atoms with Crippen molar-refractivity contribution < 1.29 is 22.7 Å². The molecule has 0 radical (unpaired) electrons. The molecule has 0 saturated carbocycles. The van der Waals surface area contributed by atoms with Gasteiger partial charge in [-0.05, 0) is 30.7 Å². The third-order valence-corrected chi connectivity index (χ3v) is 3.74. The Labute approximate surface area is 145 Å². The van der Waals surface area contributed by atoms with E-state index in [0.717, 1.165) is 23.4 Å². The second-order valence-corrected chi connectivity index (χ2v) is 5.66. The molecule has 1 amide bonds. The van der Waals surface area contributed by atoms with Crippen LogP contribution in [-0.2, 0) is 23.9 Å². The number of carbonyl (C=O) groups is 1. The quantitative estimate of drug-likeness (QED) is 0.776. The van der Waals surface area contributed by atoms with Crippen molar-refractivity contribution in [3.05, 3.63) is 65.2 Å². The van der Waals surface area contributed by atoms with Gasteiger partial charge in [-0.1, -0.05) is 30.3 Å². The Hall–Kier alpha value is -2.50. The SMILES string of the molecule is CCOc1ccccc1CN(C)C(=O)Cc1ccc(C(F)(F)F)cc1. The third-order valence-electron chi connectivity index (χ3n) is 3.74. The standard InChI is InChI=1S/C19H20F3NO2/c1-3-25-17-7-5-4-6-15(17)13-23(2)18(24)12-14-8-10-16(11-9-14)19(20,21)22/h4-11H,3,12-13H2,1-2H3. The molecule has 2 rings (SSSR count). The molecule has 0 fully saturated rings. The number of halogens is 3. The minimum absolute atomic E-state index is 0.0471. The molecule has 6 heteroatoms. The Balaban J connectivity index is 2.01. The first-order valence-corrected chi connectivity index (χ1v) is 7.92. The van der Waals surface area contributed by atoms with Gasteiger partial charge in [0.15, 0.2) is 0 Å².